The first kappa shape index (κ1) is 15.2. The SMILES string of the molecule is Cl.O=[N+]([O-])c1ccc(CN2CCC3NCCC3C2)cc1. The number of piperidine rings is 1. The van der Waals surface area contributed by atoms with Crippen molar-refractivity contribution >= 4 is 18.1 Å². The highest BCUT2D eigenvalue weighted by Gasteiger charge is 2.32. The molecule has 2 unspecified atom stereocenters. The van der Waals surface area contributed by atoms with Crippen LogP contribution in [0.1, 0.15) is 18.4 Å². The zero-order valence-corrected chi connectivity index (χ0v) is 12.1. The van der Waals surface area contributed by atoms with Gasteiger partial charge in [0.25, 0.3) is 5.69 Å². The van der Waals surface area contributed by atoms with E-state index in [0.29, 0.717) is 6.04 Å². The van der Waals surface area contributed by atoms with E-state index in [1.54, 1.807) is 12.1 Å². The van der Waals surface area contributed by atoms with Gasteiger partial charge in [0.1, 0.15) is 0 Å². The molecule has 2 aliphatic heterocycles. The lowest BCUT2D eigenvalue weighted by atomic mass is 9.93. The molecule has 6 heteroatoms. The van der Waals surface area contributed by atoms with Gasteiger partial charge in [0.2, 0.25) is 0 Å². The maximum atomic E-state index is 10.6. The van der Waals surface area contributed by atoms with E-state index in [9.17, 15) is 10.1 Å². The molecule has 1 N–H and O–H groups in total. The second kappa shape index (κ2) is 6.52. The van der Waals surface area contributed by atoms with Crippen molar-refractivity contribution in [1.29, 1.82) is 0 Å². The quantitative estimate of drug-likeness (QED) is 0.686. The lowest BCUT2D eigenvalue weighted by molar-refractivity contribution is -0.384. The molecule has 0 spiro atoms. The van der Waals surface area contributed by atoms with E-state index >= 15 is 0 Å². The Labute approximate surface area is 124 Å². The van der Waals surface area contributed by atoms with E-state index in [2.05, 4.69) is 10.2 Å². The number of nitrogens with zero attached hydrogens (tertiary/aromatic N) is 2. The number of non-ortho nitro benzene ring substituents is 1. The Morgan fingerprint density at radius 3 is 2.75 bits per heavy atom. The van der Waals surface area contributed by atoms with Crippen LogP contribution >= 0.6 is 12.4 Å². The van der Waals surface area contributed by atoms with Gasteiger partial charge in [-0.15, -0.1) is 12.4 Å². The second-order valence-electron chi connectivity index (χ2n) is 5.56. The fourth-order valence-corrected chi connectivity index (χ4v) is 3.25. The van der Waals surface area contributed by atoms with Crippen LogP contribution in [-0.4, -0.2) is 35.5 Å². The second-order valence-corrected chi connectivity index (χ2v) is 5.56. The summed E-state index contributed by atoms with van der Waals surface area (Å²) in [7, 11) is 0. The van der Waals surface area contributed by atoms with Gasteiger partial charge >= 0.3 is 0 Å². The number of nitro benzene ring substituents is 1. The largest absolute Gasteiger partial charge is 0.314 e. The van der Waals surface area contributed by atoms with Crippen LogP contribution in [0.4, 0.5) is 5.69 Å². The fourth-order valence-electron chi connectivity index (χ4n) is 3.25. The van der Waals surface area contributed by atoms with E-state index in [4.69, 9.17) is 0 Å². The summed E-state index contributed by atoms with van der Waals surface area (Å²) in [6, 6.07) is 7.65. The molecule has 2 aliphatic rings. The Balaban J connectivity index is 0.00000147. The third-order valence-corrected chi connectivity index (χ3v) is 4.29. The molecule has 0 radical (unpaired) electrons. The summed E-state index contributed by atoms with van der Waals surface area (Å²) in [6.07, 6.45) is 2.50. The van der Waals surface area contributed by atoms with E-state index in [1.165, 1.54) is 12.8 Å². The molecule has 2 saturated heterocycles. The monoisotopic (exact) mass is 297 g/mol. The normalized spacial score (nSPS) is 25.8. The molecule has 0 amide bonds. The minimum Gasteiger partial charge on any atom is -0.314 e. The summed E-state index contributed by atoms with van der Waals surface area (Å²) in [5.41, 5.74) is 1.33. The van der Waals surface area contributed by atoms with Crippen molar-refractivity contribution in [3.05, 3.63) is 39.9 Å². The summed E-state index contributed by atoms with van der Waals surface area (Å²) in [5.74, 6) is 0.784. The van der Waals surface area contributed by atoms with Crippen molar-refractivity contribution in [2.24, 2.45) is 5.92 Å². The zero-order valence-electron chi connectivity index (χ0n) is 11.3. The molecule has 0 aliphatic carbocycles. The fraction of sp³-hybridized carbons (Fsp3) is 0.571. The summed E-state index contributed by atoms with van der Waals surface area (Å²) in [4.78, 5) is 12.7. The molecule has 1 aromatic rings. The molecule has 0 saturated carbocycles. The number of fused-ring (bicyclic) bond motifs is 1. The van der Waals surface area contributed by atoms with Crippen LogP contribution in [0.25, 0.3) is 0 Å². The standard InChI is InChI=1S/C14H19N3O2.ClH/c18-17(19)13-3-1-11(2-4-13)9-16-8-6-14-12(10-16)5-7-15-14;/h1-4,12,14-15H,5-10H2;1H. The van der Waals surface area contributed by atoms with Gasteiger partial charge in [-0.1, -0.05) is 12.1 Å². The molecule has 2 fully saturated rings. The average molecular weight is 298 g/mol. The highest BCUT2D eigenvalue weighted by molar-refractivity contribution is 5.85. The van der Waals surface area contributed by atoms with Gasteiger partial charge in [-0.3, -0.25) is 15.0 Å². The molecule has 110 valence electrons. The molecular formula is C14H20ClN3O2. The van der Waals surface area contributed by atoms with Crippen LogP contribution in [0.5, 0.6) is 0 Å². The Morgan fingerprint density at radius 1 is 1.30 bits per heavy atom. The number of halogens is 1. The van der Waals surface area contributed by atoms with Gasteiger partial charge in [-0.25, -0.2) is 0 Å². The minimum atomic E-state index is -0.348. The number of rotatable bonds is 3. The molecule has 2 atom stereocenters. The van der Waals surface area contributed by atoms with Crippen molar-refractivity contribution in [2.45, 2.75) is 25.4 Å². The first-order valence-corrected chi connectivity index (χ1v) is 6.91. The maximum Gasteiger partial charge on any atom is 0.269 e. The maximum absolute atomic E-state index is 10.6. The van der Waals surface area contributed by atoms with E-state index < -0.39 is 0 Å². The van der Waals surface area contributed by atoms with Crippen LogP contribution < -0.4 is 5.32 Å². The molecule has 0 bridgehead atoms. The first-order valence-electron chi connectivity index (χ1n) is 6.91. The predicted octanol–water partition coefficient (Wildman–Crippen LogP) is 2.20. The molecule has 0 aromatic heterocycles. The van der Waals surface area contributed by atoms with Gasteiger partial charge in [0.15, 0.2) is 0 Å². The Kier molecular flexibility index (Phi) is 4.96. The highest BCUT2D eigenvalue weighted by atomic mass is 35.5. The van der Waals surface area contributed by atoms with Crippen molar-refractivity contribution in [2.75, 3.05) is 19.6 Å². The zero-order chi connectivity index (χ0) is 13.2. The van der Waals surface area contributed by atoms with E-state index in [0.717, 1.165) is 37.7 Å². The van der Waals surface area contributed by atoms with E-state index in [1.807, 2.05) is 12.1 Å². The number of likely N-dealkylation sites (tertiary alicyclic amines) is 1. The summed E-state index contributed by atoms with van der Waals surface area (Å²) >= 11 is 0. The third kappa shape index (κ3) is 3.29. The van der Waals surface area contributed by atoms with Gasteiger partial charge in [-0.05, 0) is 37.4 Å². The van der Waals surface area contributed by atoms with Crippen molar-refractivity contribution in [3.8, 4) is 0 Å². The Hall–Kier alpha value is -1.17. The van der Waals surface area contributed by atoms with Crippen molar-refractivity contribution < 1.29 is 4.92 Å². The molecule has 1 aromatic carbocycles. The average Bonchev–Trinajstić information content (AvgIpc) is 2.87. The molecular weight excluding hydrogens is 278 g/mol. The number of nitro groups is 1. The Bertz CT molecular complexity index is 466. The number of hydrogen-bond donors (Lipinski definition) is 1. The number of nitrogens with one attached hydrogen (secondary N) is 1. The van der Waals surface area contributed by atoms with Crippen LogP contribution in [0.15, 0.2) is 24.3 Å². The predicted molar refractivity (Wildman–Crippen MR) is 80.1 cm³/mol. The molecule has 20 heavy (non-hydrogen) atoms. The lowest BCUT2D eigenvalue weighted by Crippen LogP contribution is -2.43. The van der Waals surface area contributed by atoms with Gasteiger partial charge < -0.3 is 5.32 Å². The summed E-state index contributed by atoms with van der Waals surface area (Å²) < 4.78 is 0. The van der Waals surface area contributed by atoms with Crippen LogP contribution in [-0.2, 0) is 6.54 Å². The van der Waals surface area contributed by atoms with Crippen LogP contribution in [0, 0.1) is 16.0 Å². The van der Waals surface area contributed by atoms with Gasteiger partial charge in [0, 0.05) is 31.3 Å². The van der Waals surface area contributed by atoms with Crippen LogP contribution in [0.2, 0.25) is 0 Å². The van der Waals surface area contributed by atoms with Crippen molar-refractivity contribution in [3.63, 3.8) is 0 Å². The summed E-state index contributed by atoms with van der Waals surface area (Å²) in [6.45, 7) is 4.32. The number of hydrogen-bond acceptors (Lipinski definition) is 4. The minimum absolute atomic E-state index is 0. The smallest absolute Gasteiger partial charge is 0.269 e. The Morgan fingerprint density at radius 2 is 2.05 bits per heavy atom. The van der Waals surface area contributed by atoms with Gasteiger partial charge in [0.05, 0.1) is 4.92 Å². The molecule has 5 nitrogen and oxygen atoms in total. The summed E-state index contributed by atoms with van der Waals surface area (Å²) in [5, 5.41) is 14.2. The topological polar surface area (TPSA) is 58.4 Å². The highest BCUT2D eigenvalue weighted by Crippen LogP contribution is 2.25. The third-order valence-electron chi connectivity index (χ3n) is 4.29. The molecule has 2 heterocycles. The van der Waals surface area contributed by atoms with E-state index in [-0.39, 0.29) is 23.0 Å². The lowest BCUT2D eigenvalue weighted by Gasteiger charge is -2.34. The number of benzene rings is 1. The van der Waals surface area contributed by atoms with Crippen LogP contribution in [0.3, 0.4) is 0 Å². The van der Waals surface area contributed by atoms with Crippen molar-refractivity contribution in [1.82, 2.24) is 10.2 Å². The molecule has 3 rings (SSSR count). The van der Waals surface area contributed by atoms with Gasteiger partial charge in [-0.2, -0.15) is 0 Å². The first-order chi connectivity index (χ1) is 9.22.